The summed E-state index contributed by atoms with van der Waals surface area (Å²) in [6.45, 7) is 2.29. The molecule has 1 aliphatic rings. The van der Waals surface area contributed by atoms with E-state index in [1.807, 2.05) is 0 Å². The summed E-state index contributed by atoms with van der Waals surface area (Å²) in [5, 5.41) is 0. The van der Waals surface area contributed by atoms with E-state index in [9.17, 15) is 9.18 Å². The molecule has 1 aromatic rings. The van der Waals surface area contributed by atoms with E-state index >= 15 is 0 Å². The summed E-state index contributed by atoms with van der Waals surface area (Å²) < 4.78 is 12.9. The minimum Gasteiger partial charge on any atom is -0.336 e. The van der Waals surface area contributed by atoms with Gasteiger partial charge in [0, 0.05) is 19.7 Å². The number of carbonyl (C=O) groups is 1. The van der Waals surface area contributed by atoms with Crippen LogP contribution in [0.3, 0.4) is 0 Å². The van der Waals surface area contributed by atoms with Crippen LogP contribution < -0.4 is 0 Å². The van der Waals surface area contributed by atoms with E-state index in [1.165, 1.54) is 19.2 Å². The number of likely N-dealkylation sites (tertiary alicyclic amines) is 1. The monoisotopic (exact) mass is 194 g/mol. The van der Waals surface area contributed by atoms with Crippen molar-refractivity contribution in [2.24, 2.45) is 0 Å². The van der Waals surface area contributed by atoms with Crippen molar-refractivity contribution in [3.05, 3.63) is 29.8 Å². The first-order chi connectivity index (χ1) is 6.68. The first-order valence-corrected chi connectivity index (χ1v) is 4.56. The summed E-state index contributed by atoms with van der Waals surface area (Å²) in [7, 11) is 0. The van der Waals surface area contributed by atoms with Gasteiger partial charge in [-0.05, 0) is 18.1 Å². The topological polar surface area (TPSA) is 33.2 Å². The van der Waals surface area contributed by atoms with E-state index in [4.69, 9.17) is 0 Å². The summed E-state index contributed by atoms with van der Waals surface area (Å²) in [5.41, 5.74) is 0.784. The van der Waals surface area contributed by atoms with Crippen molar-refractivity contribution < 1.29 is 9.18 Å². The van der Waals surface area contributed by atoms with Gasteiger partial charge in [0.05, 0.1) is 12.2 Å². The molecule has 1 amide bonds. The van der Waals surface area contributed by atoms with Gasteiger partial charge in [-0.15, -0.1) is 0 Å². The number of halogens is 1. The maximum atomic E-state index is 12.9. The number of pyridine rings is 1. The van der Waals surface area contributed by atoms with Gasteiger partial charge in [0.15, 0.2) is 0 Å². The molecule has 0 saturated carbocycles. The maximum Gasteiger partial charge on any atom is 0.219 e. The lowest BCUT2D eigenvalue weighted by Crippen LogP contribution is -2.43. The first-order valence-electron chi connectivity index (χ1n) is 4.56. The lowest BCUT2D eigenvalue weighted by molar-refractivity contribution is -0.136. The zero-order chi connectivity index (χ0) is 10.1. The van der Waals surface area contributed by atoms with Crippen LogP contribution in [0.5, 0.6) is 0 Å². The van der Waals surface area contributed by atoms with Gasteiger partial charge in [-0.2, -0.15) is 0 Å². The highest BCUT2D eigenvalue weighted by molar-refractivity contribution is 5.74. The lowest BCUT2D eigenvalue weighted by atomic mass is 9.96. The van der Waals surface area contributed by atoms with E-state index in [0.29, 0.717) is 0 Å². The van der Waals surface area contributed by atoms with E-state index in [-0.39, 0.29) is 17.8 Å². The third-order valence-electron chi connectivity index (χ3n) is 2.53. The third kappa shape index (κ3) is 1.47. The summed E-state index contributed by atoms with van der Waals surface area (Å²) in [4.78, 5) is 16.6. The fraction of sp³-hybridized carbons (Fsp3) is 0.400. The average molecular weight is 194 g/mol. The van der Waals surface area contributed by atoms with Gasteiger partial charge >= 0.3 is 0 Å². The second-order valence-electron chi connectivity index (χ2n) is 3.45. The van der Waals surface area contributed by atoms with Gasteiger partial charge in [0.25, 0.3) is 0 Å². The van der Waals surface area contributed by atoms with Gasteiger partial charge in [-0.1, -0.05) is 0 Å². The molecule has 1 atom stereocenters. The van der Waals surface area contributed by atoms with Gasteiger partial charge in [0.2, 0.25) is 5.91 Å². The van der Waals surface area contributed by atoms with Gasteiger partial charge in [0.1, 0.15) is 5.82 Å². The highest BCUT2D eigenvalue weighted by Crippen LogP contribution is 2.32. The zero-order valence-electron chi connectivity index (χ0n) is 7.90. The number of hydrogen-bond acceptors (Lipinski definition) is 2. The molecular formula is C10H11FN2O. The van der Waals surface area contributed by atoms with E-state index < -0.39 is 0 Å². The van der Waals surface area contributed by atoms with Crippen LogP contribution in [-0.4, -0.2) is 22.3 Å². The van der Waals surface area contributed by atoms with Gasteiger partial charge < -0.3 is 4.90 Å². The van der Waals surface area contributed by atoms with Crippen LogP contribution in [0.4, 0.5) is 4.39 Å². The molecule has 0 spiro atoms. The molecule has 0 bridgehead atoms. The Labute approximate surface area is 81.6 Å². The molecule has 0 aromatic carbocycles. The Kier molecular flexibility index (Phi) is 2.19. The van der Waals surface area contributed by atoms with Crippen molar-refractivity contribution in [3.8, 4) is 0 Å². The van der Waals surface area contributed by atoms with Crippen LogP contribution in [0.25, 0.3) is 0 Å². The summed E-state index contributed by atoms with van der Waals surface area (Å²) in [6, 6.07) is 1.46. The maximum absolute atomic E-state index is 12.9. The van der Waals surface area contributed by atoms with E-state index in [1.54, 1.807) is 11.1 Å². The molecule has 1 unspecified atom stereocenters. The highest BCUT2D eigenvalue weighted by atomic mass is 19.1. The second-order valence-corrected chi connectivity index (χ2v) is 3.45. The molecule has 2 heterocycles. The third-order valence-corrected chi connectivity index (χ3v) is 2.53. The molecular weight excluding hydrogens is 183 g/mol. The van der Waals surface area contributed by atoms with Crippen LogP contribution in [-0.2, 0) is 4.79 Å². The van der Waals surface area contributed by atoms with Crippen molar-refractivity contribution in [2.45, 2.75) is 19.4 Å². The van der Waals surface area contributed by atoms with Crippen LogP contribution in [0.15, 0.2) is 18.5 Å². The van der Waals surface area contributed by atoms with Crippen LogP contribution >= 0.6 is 0 Å². The van der Waals surface area contributed by atoms with Gasteiger partial charge in [-0.25, -0.2) is 4.39 Å². The molecule has 1 aromatic heterocycles. The quantitative estimate of drug-likeness (QED) is 0.679. The van der Waals surface area contributed by atoms with Crippen molar-refractivity contribution in [3.63, 3.8) is 0 Å². The summed E-state index contributed by atoms with van der Waals surface area (Å²) in [6.07, 6.45) is 3.67. The number of carbonyl (C=O) groups excluding carboxylic acids is 1. The lowest BCUT2D eigenvalue weighted by Gasteiger charge is -2.40. The zero-order valence-corrected chi connectivity index (χ0v) is 7.90. The number of amides is 1. The SMILES string of the molecule is CC(=O)N1CCC1c1cncc(F)c1. The number of aromatic nitrogens is 1. The second kappa shape index (κ2) is 3.36. The summed E-state index contributed by atoms with van der Waals surface area (Å²) in [5.74, 6) is -0.316. The Hall–Kier alpha value is -1.45. The molecule has 1 fully saturated rings. The van der Waals surface area contributed by atoms with Gasteiger partial charge in [-0.3, -0.25) is 9.78 Å². The average Bonchev–Trinajstić information content (AvgIpc) is 2.00. The molecule has 0 radical (unpaired) electrons. The Morgan fingerprint density at radius 2 is 2.43 bits per heavy atom. The van der Waals surface area contributed by atoms with E-state index in [0.717, 1.165) is 18.5 Å². The van der Waals surface area contributed by atoms with E-state index in [2.05, 4.69) is 4.98 Å². The minimum absolute atomic E-state index is 0.0238. The van der Waals surface area contributed by atoms with Crippen molar-refractivity contribution >= 4 is 5.91 Å². The Bertz CT molecular complexity index is 367. The predicted octanol–water partition coefficient (Wildman–Crippen LogP) is 1.51. The smallest absolute Gasteiger partial charge is 0.219 e. The highest BCUT2D eigenvalue weighted by Gasteiger charge is 2.31. The fourth-order valence-corrected chi connectivity index (χ4v) is 1.72. The standard InChI is InChI=1S/C10H11FN2O/c1-7(14)13-3-2-10(13)8-4-9(11)6-12-5-8/h4-6,10H,2-3H2,1H3. The molecule has 2 rings (SSSR count). The molecule has 0 aliphatic carbocycles. The predicted molar refractivity (Wildman–Crippen MR) is 48.9 cm³/mol. The summed E-state index contributed by atoms with van der Waals surface area (Å²) >= 11 is 0. The first kappa shape index (κ1) is 9.12. The van der Waals surface area contributed by atoms with Crippen LogP contribution in [0.2, 0.25) is 0 Å². The number of rotatable bonds is 1. The molecule has 0 N–H and O–H groups in total. The minimum atomic E-state index is -0.349. The molecule has 74 valence electrons. The number of hydrogen-bond donors (Lipinski definition) is 0. The Balaban J connectivity index is 2.20. The van der Waals surface area contributed by atoms with Crippen molar-refractivity contribution in [1.82, 2.24) is 9.88 Å². The number of nitrogens with zero attached hydrogens (tertiary/aromatic N) is 2. The normalized spacial score (nSPS) is 20.4. The fourth-order valence-electron chi connectivity index (χ4n) is 1.72. The largest absolute Gasteiger partial charge is 0.336 e. The molecule has 1 aliphatic heterocycles. The van der Waals surface area contributed by atoms with Crippen molar-refractivity contribution in [2.75, 3.05) is 6.54 Å². The Morgan fingerprint density at radius 1 is 1.64 bits per heavy atom. The van der Waals surface area contributed by atoms with Crippen molar-refractivity contribution in [1.29, 1.82) is 0 Å². The molecule has 4 heteroatoms. The van der Waals surface area contributed by atoms with Crippen LogP contribution in [0.1, 0.15) is 24.9 Å². The molecule has 1 saturated heterocycles. The van der Waals surface area contributed by atoms with Crippen LogP contribution in [0, 0.1) is 5.82 Å². The molecule has 14 heavy (non-hydrogen) atoms. The Morgan fingerprint density at radius 3 is 2.93 bits per heavy atom. The molecule has 3 nitrogen and oxygen atoms in total.